The molecule has 0 aromatic heterocycles. The maximum atomic E-state index is 10.5. The van der Waals surface area contributed by atoms with Crippen LogP contribution in [0.15, 0.2) is 29.2 Å². The number of hydrogen-bond acceptors (Lipinski definition) is 3. The lowest BCUT2D eigenvalue weighted by Crippen LogP contribution is -1.82. The van der Waals surface area contributed by atoms with Gasteiger partial charge in [0.15, 0.2) is 0 Å². The van der Waals surface area contributed by atoms with Crippen molar-refractivity contribution in [2.45, 2.75) is 17.7 Å². The molecule has 14 heavy (non-hydrogen) atoms. The highest BCUT2D eigenvalue weighted by Crippen LogP contribution is 2.19. The SMILES string of the molecule is N#CCCCSc1cccc(C=O)c1. The van der Waals surface area contributed by atoms with Gasteiger partial charge in [0.1, 0.15) is 6.29 Å². The average Bonchev–Trinajstić information content (AvgIpc) is 2.25. The molecule has 0 heterocycles. The largest absolute Gasteiger partial charge is 0.298 e. The van der Waals surface area contributed by atoms with Gasteiger partial charge in [-0.2, -0.15) is 5.26 Å². The Morgan fingerprint density at radius 3 is 3.07 bits per heavy atom. The van der Waals surface area contributed by atoms with Crippen LogP contribution in [0.25, 0.3) is 0 Å². The predicted octanol–water partition coefficient (Wildman–Crippen LogP) is 2.89. The minimum atomic E-state index is 0.598. The van der Waals surface area contributed by atoms with Crippen molar-refractivity contribution in [2.24, 2.45) is 0 Å². The molecule has 0 radical (unpaired) electrons. The van der Waals surface area contributed by atoms with Crippen molar-refractivity contribution in [1.29, 1.82) is 5.26 Å². The van der Waals surface area contributed by atoms with Gasteiger partial charge in [-0.3, -0.25) is 4.79 Å². The first-order chi connectivity index (χ1) is 6.86. The summed E-state index contributed by atoms with van der Waals surface area (Å²) in [6, 6.07) is 9.60. The standard InChI is InChI=1S/C11H11NOS/c12-6-1-2-7-14-11-5-3-4-10(8-11)9-13/h3-5,8-9H,1-2,7H2. The third-order valence-corrected chi connectivity index (χ3v) is 2.78. The molecule has 0 saturated carbocycles. The van der Waals surface area contributed by atoms with Crippen LogP contribution in [0, 0.1) is 11.3 Å². The molecule has 0 unspecified atom stereocenters. The molecular weight excluding hydrogens is 194 g/mol. The minimum Gasteiger partial charge on any atom is -0.298 e. The highest BCUT2D eigenvalue weighted by atomic mass is 32.2. The van der Waals surface area contributed by atoms with Gasteiger partial charge in [-0.1, -0.05) is 12.1 Å². The molecule has 1 aromatic carbocycles. The number of nitrogens with zero attached hydrogens (tertiary/aromatic N) is 1. The summed E-state index contributed by atoms with van der Waals surface area (Å²) in [5, 5.41) is 8.34. The van der Waals surface area contributed by atoms with Crippen LogP contribution in [0.4, 0.5) is 0 Å². The molecule has 0 aliphatic carbocycles. The molecule has 0 fully saturated rings. The number of hydrogen-bond donors (Lipinski definition) is 0. The molecule has 0 spiro atoms. The van der Waals surface area contributed by atoms with Crippen molar-refractivity contribution in [2.75, 3.05) is 5.75 Å². The second-order valence-electron chi connectivity index (χ2n) is 2.80. The second kappa shape index (κ2) is 6.22. The van der Waals surface area contributed by atoms with Crippen LogP contribution in [-0.4, -0.2) is 12.0 Å². The molecule has 0 aliphatic heterocycles. The molecule has 3 heteroatoms. The lowest BCUT2D eigenvalue weighted by Gasteiger charge is -1.99. The van der Waals surface area contributed by atoms with E-state index >= 15 is 0 Å². The Kier molecular flexibility index (Phi) is 4.81. The number of carbonyl (C=O) groups excluding carboxylic acids is 1. The van der Waals surface area contributed by atoms with E-state index in [4.69, 9.17) is 5.26 Å². The molecule has 72 valence electrons. The first-order valence-electron chi connectivity index (χ1n) is 4.42. The Labute approximate surface area is 87.9 Å². The summed E-state index contributed by atoms with van der Waals surface area (Å²) in [5.74, 6) is 0.926. The zero-order valence-electron chi connectivity index (χ0n) is 7.77. The minimum absolute atomic E-state index is 0.598. The monoisotopic (exact) mass is 205 g/mol. The third-order valence-electron chi connectivity index (χ3n) is 1.70. The Morgan fingerprint density at radius 1 is 1.50 bits per heavy atom. The van der Waals surface area contributed by atoms with Gasteiger partial charge in [-0.05, 0) is 24.3 Å². The smallest absolute Gasteiger partial charge is 0.150 e. The lowest BCUT2D eigenvalue weighted by atomic mass is 10.2. The van der Waals surface area contributed by atoms with Gasteiger partial charge in [0.2, 0.25) is 0 Å². The maximum absolute atomic E-state index is 10.5. The fourth-order valence-electron chi connectivity index (χ4n) is 1.02. The van der Waals surface area contributed by atoms with E-state index in [0.717, 1.165) is 23.4 Å². The first kappa shape index (κ1) is 10.8. The molecule has 0 saturated heterocycles. The van der Waals surface area contributed by atoms with Crippen molar-refractivity contribution in [3.63, 3.8) is 0 Å². The zero-order valence-corrected chi connectivity index (χ0v) is 8.59. The van der Waals surface area contributed by atoms with E-state index in [1.165, 1.54) is 0 Å². The molecule has 0 amide bonds. The Morgan fingerprint density at radius 2 is 2.36 bits per heavy atom. The van der Waals surface area contributed by atoms with Crippen LogP contribution in [0.1, 0.15) is 23.2 Å². The fourth-order valence-corrected chi connectivity index (χ4v) is 1.94. The van der Waals surface area contributed by atoms with Crippen LogP contribution in [0.3, 0.4) is 0 Å². The highest BCUT2D eigenvalue weighted by Gasteiger charge is 1.95. The summed E-state index contributed by atoms with van der Waals surface area (Å²) in [6.07, 6.45) is 2.34. The summed E-state index contributed by atoms with van der Waals surface area (Å²) >= 11 is 1.68. The Hall–Kier alpha value is -1.27. The van der Waals surface area contributed by atoms with Crippen LogP contribution in [-0.2, 0) is 0 Å². The summed E-state index contributed by atoms with van der Waals surface area (Å²) in [6.45, 7) is 0. The molecule has 0 aliphatic rings. The summed E-state index contributed by atoms with van der Waals surface area (Å²) in [7, 11) is 0. The zero-order chi connectivity index (χ0) is 10.2. The van der Waals surface area contributed by atoms with Crippen molar-refractivity contribution in [3.05, 3.63) is 29.8 Å². The van der Waals surface area contributed by atoms with Crippen molar-refractivity contribution in [3.8, 4) is 6.07 Å². The van der Waals surface area contributed by atoms with Crippen LogP contribution in [0.2, 0.25) is 0 Å². The van der Waals surface area contributed by atoms with Gasteiger partial charge in [0, 0.05) is 16.9 Å². The molecule has 0 bridgehead atoms. The van der Waals surface area contributed by atoms with Gasteiger partial charge in [0.25, 0.3) is 0 Å². The number of rotatable bonds is 5. The number of thioether (sulfide) groups is 1. The van der Waals surface area contributed by atoms with Crippen molar-refractivity contribution in [1.82, 2.24) is 0 Å². The Bertz CT molecular complexity index is 343. The van der Waals surface area contributed by atoms with E-state index in [2.05, 4.69) is 6.07 Å². The predicted molar refractivity (Wildman–Crippen MR) is 57.4 cm³/mol. The van der Waals surface area contributed by atoms with Crippen molar-refractivity contribution >= 4 is 18.0 Å². The topological polar surface area (TPSA) is 40.9 Å². The van der Waals surface area contributed by atoms with Crippen LogP contribution >= 0.6 is 11.8 Å². The van der Waals surface area contributed by atoms with Gasteiger partial charge in [0.05, 0.1) is 6.07 Å². The van der Waals surface area contributed by atoms with Crippen LogP contribution in [0.5, 0.6) is 0 Å². The second-order valence-corrected chi connectivity index (χ2v) is 3.97. The molecular formula is C11H11NOS. The van der Waals surface area contributed by atoms with E-state index in [9.17, 15) is 4.79 Å². The number of unbranched alkanes of at least 4 members (excludes halogenated alkanes) is 1. The van der Waals surface area contributed by atoms with E-state index < -0.39 is 0 Å². The molecule has 2 nitrogen and oxygen atoms in total. The normalized spacial score (nSPS) is 9.36. The fraction of sp³-hybridized carbons (Fsp3) is 0.273. The Balaban J connectivity index is 2.43. The number of nitriles is 1. The number of aldehydes is 1. The summed E-state index contributed by atoms with van der Waals surface area (Å²) in [4.78, 5) is 11.6. The number of carbonyl (C=O) groups is 1. The highest BCUT2D eigenvalue weighted by molar-refractivity contribution is 7.99. The maximum Gasteiger partial charge on any atom is 0.150 e. The van der Waals surface area contributed by atoms with Gasteiger partial charge in [-0.25, -0.2) is 0 Å². The van der Waals surface area contributed by atoms with Gasteiger partial charge >= 0.3 is 0 Å². The summed E-state index contributed by atoms with van der Waals surface area (Å²) < 4.78 is 0. The van der Waals surface area contributed by atoms with E-state index in [-0.39, 0.29) is 0 Å². The van der Waals surface area contributed by atoms with Crippen LogP contribution < -0.4 is 0 Å². The third kappa shape index (κ3) is 3.63. The van der Waals surface area contributed by atoms with Gasteiger partial charge in [-0.15, -0.1) is 11.8 Å². The lowest BCUT2D eigenvalue weighted by molar-refractivity contribution is 0.112. The van der Waals surface area contributed by atoms with E-state index in [1.807, 2.05) is 18.2 Å². The van der Waals surface area contributed by atoms with E-state index in [1.54, 1.807) is 17.8 Å². The molecule has 0 atom stereocenters. The van der Waals surface area contributed by atoms with Gasteiger partial charge < -0.3 is 0 Å². The molecule has 1 aromatic rings. The summed E-state index contributed by atoms with van der Waals surface area (Å²) in [5.41, 5.74) is 0.704. The van der Waals surface area contributed by atoms with E-state index in [0.29, 0.717) is 12.0 Å². The first-order valence-corrected chi connectivity index (χ1v) is 5.40. The molecule has 0 N–H and O–H groups in total. The molecule has 1 rings (SSSR count). The average molecular weight is 205 g/mol. The quantitative estimate of drug-likeness (QED) is 0.421. The van der Waals surface area contributed by atoms with Crippen molar-refractivity contribution < 1.29 is 4.79 Å². The number of benzene rings is 1.